The number of hydrogen-bond donors (Lipinski definition) is 1. The molecule has 1 amide bonds. The van der Waals surface area contributed by atoms with Gasteiger partial charge in [-0.05, 0) is 12.1 Å². The highest BCUT2D eigenvalue weighted by Gasteiger charge is 2.18. The maximum atomic E-state index is 10.7. The van der Waals surface area contributed by atoms with E-state index in [1.165, 1.54) is 5.17 Å². The number of amides is 1. The fraction of sp³-hybridized carbons (Fsp3) is 0.125. The molecule has 4 heteroatoms. The maximum Gasteiger partial charge on any atom is 0.269 e. The normalized spacial score (nSPS) is 16.3. The largest absolute Gasteiger partial charge is 0.270 e. The molecule has 1 aliphatic heterocycles. The average molecular weight is 164 g/mol. The molecule has 0 radical (unpaired) electrons. The molecule has 1 aliphatic rings. The molecule has 0 atom stereocenters. The lowest BCUT2D eigenvalue weighted by Crippen LogP contribution is -2.31. The zero-order chi connectivity index (χ0) is 8.39. The van der Waals surface area contributed by atoms with E-state index >= 15 is 0 Å². The summed E-state index contributed by atoms with van der Waals surface area (Å²) in [5, 5.41) is 1.36. The van der Waals surface area contributed by atoms with Crippen LogP contribution >= 0.6 is 0 Å². The molecule has 1 aromatic rings. The molecule has 4 nitrogen and oxygen atoms in total. The second kappa shape index (κ2) is 2.83. The number of anilines is 1. The van der Waals surface area contributed by atoms with Gasteiger partial charge in [0.05, 0.1) is 5.69 Å². The minimum Gasteiger partial charge on any atom is -0.270 e. The van der Waals surface area contributed by atoms with E-state index in [1.807, 2.05) is 30.3 Å². The lowest BCUT2D eigenvalue weighted by molar-refractivity contribution is -0.119. The van der Waals surface area contributed by atoms with Gasteiger partial charge >= 0.3 is 0 Å². The summed E-state index contributed by atoms with van der Waals surface area (Å²) in [5.74, 6) is -0.126. The monoisotopic (exact) mass is 164 g/mol. The molecule has 1 fully saturated rings. The van der Waals surface area contributed by atoms with Crippen molar-refractivity contribution < 1.29 is 9.63 Å². The molecule has 1 saturated heterocycles. The standard InChI is InChI=1S/C8H8N2O2/c11-8-6-12-10(9-8)7-4-2-1-3-5-7/h1-5H,6H2,(H,9,11). The third-order valence-corrected chi connectivity index (χ3v) is 1.54. The van der Waals surface area contributed by atoms with Gasteiger partial charge in [-0.15, -0.1) is 0 Å². The van der Waals surface area contributed by atoms with E-state index in [0.717, 1.165) is 5.69 Å². The maximum absolute atomic E-state index is 10.7. The number of carbonyl (C=O) groups excluding carboxylic acids is 1. The zero-order valence-corrected chi connectivity index (χ0v) is 6.36. The summed E-state index contributed by atoms with van der Waals surface area (Å²) in [7, 11) is 0. The Balaban J connectivity index is 2.16. The Bertz CT molecular complexity index is 286. The highest BCUT2D eigenvalue weighted by Crippen LogP contribution is 2.13. The van der Waals surface area contributed by atoms with Gasteiger partial charge in [-0.1, -0.05) is 18.2 Å². The summed E-state index contributed by atoms with van der Waals surface area (Å²) in [4.78, 5) is 15.8. The average Bonchev–Trinajstić information content (AvgIpc) is 2.54. The van der Waals surface area contributed by atoms with Gasteiger partial charge < -0.3 is 0 Å². The summed E-state index contributed by atoms with van der Waals surface area (Å²) in [6, 6.07) is 9.37. The Labute approximate surface area is 69.7 Å². The molecular weight excluding hydrogens is 156 g/mol. The number of benzene rings is 1. The first-order chi connectivity index (χ1) is 5.86. The van der Waals surface area contributed by atoms with Crippen molar-refractivity contribution in [2.45, 2.75) is 0 Å². The number of hydrazine groups is 1. The van der Waals surface area contributed by atoms with E-state index < -0.39 is 0 Å². The van der Waals surface area contributed by atoms with E-state index in [-0.39, 0.29) is 12.5 Å². The van der Waals surface area contributed by atoms with Crippen LogP contribution in [0.2, 0.25) is 0 Å². The van der Waals surface area contributed by atoms with Gasteiger partial charge in [0, 0.05) is 0 Å². The Kier molecular flexibility index (Phi) is 1.68. The minimum absolute atomic E-state index is 0.0922. The van der Waals surface area contributed by atoms with Crippen molar-refractivity contribution in [3.63, 3.8) is 0 Å². The van der Waals surface area contributed by atoms with Crippen molar-refractivity contribution in [2.75, 3.05) is 11.8 Å². The van der Waals surface area contributed by atoms with Gasteiger partial charge in [-0.25, -0.2) is 10.3 Å². The summed E-state index contributed by atoms with van der Waals surface area (Å²) in [6.07, 6.45) is 0. The Morgan fingerprint density at radius 1 is 1.33 bits per heavy atom. The molecule has 1 heterocycles. The van der Waals surface area contributed by atoms with Gasteiger partial charge in [-0.3, -0.25) is 4.79 Å². The van der Waals surface area contributed by atoms with Crippen LogP contribution in [0.4, 0.5) is 5.69 Å². The minimum atomic E-state index is -0.126. The highest BCUT2D eigenvalue weighted by molar-refractivity contribution is 5.80. The second-order valence-electron chi connectivity index (χ2n) is 2.44. The summed E-state index contributed by atoms with van der Waals surface area (Å²) >= 11 is 0. The quantitative estimate of drug-likeness (QED) is 0.656. The number of carbonyl (C=O) groups is 1. The summed E-state index contributed by atoms with van der Waals surface area (Å²) in [6.45, 7) is 0.0922. The Morgan fingerprint density at radius 3 is 2.67 bits per heavy atom. The molecule has 0 bridgehead atoms. The molecule has 1 aromatic carbocycles. The molecule has 0 spiro atoms. The SMILES string of the molecule is O=C1CON(c2ccccc2)N1. The smallest absolute Gasteiger partial charge is 0.269 e. The van der Waals surface area contributed by atoms with Crippen LogP contribution in [0.5, 0.6) is 0 Å². The molecule has 2 rings (SSSR count). The van der Waals surface area contributed by atoms with Gasteiger partial charge in [0.25, 0.3) is 5.91 Å². The Hall–Kier alpha value is -1.55. The first-order valence-corrected chi connectivity index (χ1v) is 3.64. The predicted molar refractivity (Wildman–Crippen MR) is 43.0 cm³/mol. The molecule has 0 unspecified atom stereocenters. The second-order valence-corrected chi connectivity index (χ2v) is 2.44. The van der Waals surface area contributed by atoms with Gasteiger partial charge in [0.1, 0.15) is 0 Å². The topological polar surface area (TPSA) is 41.6 Å². The predicted octanol–water partition coefficient (Wildman–Crippen LogP) is 0.469. The van der Waals surface area contributed by atoms with E-state index in [1.54, 1.807) is 0 Å². The van der Waals surface area contributed by atoms with Crippen LogP contribution in [-0.2, 0) is 9.63 Å². The van der Waals surface area contributed by atoms with Crippen molar-refractivity contribution in [3.8, 4) is 0 Å². The first-order valence-electron chi connectivity index (χ1n) is 3.64. The van der Waals surface area contributed by atoms with Gasteiger partial charge in [0.2, 0.25) is 0 Å². The van der Waals surface area contributed by atoms with E-state index in [4.69, 9.17) is 4.84 Å². The fourth-order valence-electron chi connectivity index (χ4n) is 1.00. The number of rotatable bonds is 1. The van der Waals surface area contributed by atoms with E-state index in [9.17, 15) is 4.79 Å². The van der Waals surface area contributed by atoms with Crippen LogP contribution in [-0.4, -0.2) is 12.5 Å². The third kappa shape index (κ3) is 1.24. The lowest BCUT2D eigenvalue weighted by Gasteiger charge is -2.13. The number of nitrogens with one attached hydrogen (secondary N) is 1. The van der Waals surface area contributed by atoms with Crippen molar-refractivity contribution in [2.24, 2.45) is 0 Å². The Morgan fingerprint density at radius 2 is 2.08 bits per heavy atom. The number of hydrogen-bond acceptors (Lipinski definition) is 3. The van der Waals surface area contributed by atoms with Crippen LogP contribution in [0.1, 0.15) is 0 Å². The van der Waals surface area contributed by atoms with Gasteiger partial charge in [-0.2, -0.15) is 5.17 Å². The summed E-state index contributed by atoms with van der Waals surface area (Å²) in [5.41, 5.74) is 3.36. The molecule has 12 heavy (non-hydrogen) atoms. The molecule has 0 aliphatic carbocycles. The molecule has 1 N–H and O–H groups in total. The van der Waals surface area contributed by atoms with Crippen molar-refractivity contribution in [1.29, 1.82) is 0 Å². The molecule has 0 aromatic heterocycles. The number of nitrogens with zero attached hydrogens (tertiary/aromatic N) is 1. The molecular formula is C8H8N2O2. The fourth-order valence-corrected chi connectivity index (χ4v) is 1.00. The van der Waals surface area contributed by atoms with E-state index in [0.29, 0.717) is 0 Å². The number of para-hydroxylation sites is 1. The molecule has 0 saturated carbocycles. The van der Waals surface area contributed by atoms with Crippen LogP contribution in [0.25, 0.3) is 0 Å². The van der Waals surface area contributed by atoms with Crippen LogP contribution in [0, 0.1) is 0 Å². The third-order valence-electron chi connectivity index (χ3n) is 1.54. The van der Waals surface area contributed by atoms with E-state index in [2.05, 4.69) is 5.43 Å². The lowest BCUT2D eigenvalue weighted by atomic mass is 10.3. The van der Waals surface area contributed by atoms with Gasteiger partial charge in [0.15, 0.2) is 6.61 Å². The van der Waals surface area contributed by atoms with Crippen molar-refractivity contribution >= 4 is 11.6 Å². The first kappa shape index (κ1) is 7.12. The highest BCUT2D eigenvalue weighted by atomic mass is 16.7. The summed E-state index contributed by atoms with van der Waals surface area (Å²) < 4.78 is 0. The molecule has 62 valence electrons. The van der Waals surface area contributed by atoms with Crippen LogP contribution in [0.3, 0.4) is 0 Å². The zero-order valence-electron chi connectivity index (χ0n) is 6.36. The van der Waals surface area contributed by atoms with Crippen LogP contribution in [0.15, 0.2) is 30.3 Å². The van der Waals surface area contributed by atoms with Crippen LogP contribution < -0.4 is 10.6 Å². The van der Waals surface area contributed by atoms with Crippen molar-refractivity contribution in [1.82, 2.24) is 5.43 Å². The van der Waals surface area contributed by atoms with Crippen molar-refractivity contribution in [3.05, 3.63) is 30.3 Å².